The molecule has 1 saturated heterocycles. The van der Waals surface area contributed by atoms with E-state index in [4.69, 9.17) is 21.3 Å². The molecule has 33 heavy (non-hydrogen) atoms. The van der Waals surface area contributed by atoms with Crippen LogP contribution in [0, 0.1) is 0 Å². The standard InChI is InChI=1S/C25H26BrClN2O4/c1-25(2,3)33-24(32)29-9-8-15(12-20(29)23(30)31)21-19-7-6-18(27)11-14(19)4-5-16-10-17(26)13-28-22(16)21/h6-7,10-11,13,20H,4-5,8-9,12H2,1-3H3,(H,30,31). The molecular formula is C25H26BrClN2O4. The molecule has 1 aliphatic carbocycles. The van der Waals surface area contributed by atoms with Gasteiger partial charge in [0.05, 0.1) is 5.69 Å². The van der Waals surface area contributed by atoms with Crippen LogP contribution in [0.1, 0.15) is 56.0 Å². The molecule has 1 atom stereocenters. The summed E-state index contributed by atoms with van der Waals surface area (Å²) in [5.74, 6) is -1.05. The maximum atomic E-state index is 12.7. The molecule has 1 amide bonds. The number of hydrogen-bond donors (Lipinski definition) is 1. The summed E-state index contributed by atoms with van der Waals surface area (Å²) in [5.41, 5.74) is 5.33. The molecule has 1 aromatic carbocycles. The van der Waals surface area contributed by atoms with Crippen molar-refractivity contribution in [2.75, 3.05) is 6.54 Å². The zero-order chi connectivity index (χ0) is 23.9. The first-order chi connectivity index (χ1) is 15.5. The number of carboxylic acids is 1. The van der Waals surface area contributed by atoms with Crippen LogP contribution in [0.2, 0.25) is 5.02 Å². The quantitative estimate of drug-likeness (QED) is 0.495. The number of nitrogens with zero attached hydrogens (tertiary/aromatic N) is 2. The highest BCUT2D eigenvalue weighted by molar-refractivity contribution is 9.10. The number of pyridine rings is 1. The van der Waals surface area contributed by atoms with E-state index < -0.39 is 23.7 Å². The first-order valence-electron chi connectivity index (χ1n) is 10.9. The van der Waals surface area contributed by atoms with Gasteiger partial charge in [-0.25, -0.2) is 9.59 Å². The topological polar surface area (TPSA) is 79.7 Å². The fourth-order valence-corrected chi connectivity index (χ4v) is 5.08. The van der Waals surface area contributed by atoms with Gasteiger partial charge in [-0.2, -0.15) is 0 Å². The fourth-order valence-electron chi connectivity index (χ4n) is 4.51. The largest absolute Gasteiger partial charge is 0.480 e. The van der Waals surface area contributed by atoms with Gasteiger partial charge < -0.3 is 9.84 Å². The number of aryl methyl sites for hydroxylation is 2. The molecule has 4 rings (SSSR count). The van der Waals surface area contributed by atoms with Gasteiger partial charge in [0.1, 0.15) is 11.6 Å². The Bertz CT molecular complexity index is 1100. The van der Waals surface area contributed by atoms with Crippen molar-refractivity contribution < 1.29 is 19.4 Å². The third-order valence-corrected chi connectivity index (χ3v) is 6.58. The molecule has 1 aliphatic heterocycles. The number of benzene rings is 1. The molecule has 1 aromatic heterocycles. The SMILES string of the molecule is CC(C)(C)OC(=O)N1CCC(=C2c3ccc(Cl)cc3CCc3cc(Br)cnc32)CC1C(=O)O. The summed E-state index contributed by atoms with van der Waals surface area (Å²) in [4.78, 5) is 31.0. The molecule has 1 unspecified atom stereocenters. The van der Waals surface area contributed by atoms with Crippen molar-refractivity contribution in [1.82, 2.24) is 9.88 Å². The maximum absolute atomic E-state index is 12.7. The number of carboxylic acid groups (broad SMARTS) is 1. The molecule has 0 radical (unpaired) electrons. The van der Waals surface area contributed by atoms with Crippen molar-refractivity contribution >= 4 is 45.2 Å². The van der Waals surface area contributed by atoms with Gasteiger partial charge >= 0.3 is 12.1 Å². The molecule has 6 nitrogen and oxygen atoms in total. The summed E-state index contributed by atoms with van der Waals surface area (Å²) >= 11 is 9.82. The van der Waals surface area contributed by atoms with Crippen LogP contribution in [0.15, 0.2) is 40.5 Å². The van der Waals surface area contributed by atoms with Crippen LogP contribution in [-0.4, -0.2) is 45.2 Å². The third kappa shape index (κ3) is 5.09. The predicted molar refractivity (Wildman–Crippen MR) is 130 cm³/mol. The molecule has 1 N–H and O–H groups in total. The van der Waals surface area contributed by atoms with E-state index in [1.54, 1.807) is 27.0 Å². The van der Waals surface area contributed by atoms with Gasteiger partial charge in [-0.3, -0.25) is 9.88 Å². The number of piperidine rings is 1. The van der Waals surface area contributed by atoms with Gasteiger partial charge in [0.15, 0.2) is 0 Å². The molecule has 0 bridgehead atoms. The van der Waals surface area contributed by atoms with Crippen molar-refractivity contribution in [3.05, 3.63) is 67.9 Å². The predicted octanol–water partition coefficient (Wildman–Crippen LogP) is 5.88. The Kier molecular flexibility index (Phi) is 6.56. The van der Waals surface area contributed by atoms with Crippen LogP contribution in [0.5, 0.6) is 0 Å². The summed E-state index contributed by atoms with van der Waals surface area (Å²) in [5, 5.41) is 10.6. The molecule has 174 valence electrons. The number of aliphatic carboxylic acids is 1. The minimum atomic E-state index is -1.05. The monoisotopic (exact) mass is 532 g/mol. The van der Waals surface area contributed by atoms with Crippen molar-refractivity contribution in [3.8, 4) is 0 Å². The van der Waals surface area contributed by atoms with Crippen molar-refractivity contribution in [3.63, 3.8) is 0 Å². The zero-order valence-corrected chi connectivity index (χ0v) is 21.2. The van der Waals surface area contributed by atoms with E-state index in [0.29, 0.717) is 11.4 Å². The van der Waals surface area contributed by atoms with Crippen LogP contribution in [0.4, 0.5) is 4.79 Å². The number of fused-ring (bicyclic) bond motifs is 2. The molecule has 2 heterocycles. The van der Waals surface area contributed by atoms with Crippen LogP contribution in [0.3, 0.4) is 0 Å². The van der Waals surface area contributed by atoms with E-state index in [0.717, 1.165) is 50.8 Å². The number of hydrogen-bond acceptors (Lipinski definition) is 4. The van der Waals surface area contributed by atoms with E-state index in [2.05, 4.69) is 22.0 Å². The molecule has 2 aliphatic rings. The van der Waals surface area contributed by atoms with Gasteiger partial charge in [-0.15, -0.1) is 0 Å². The van der Waals surface area contributed by atoms with E-state index in [9.17, 15) is 14.7 Å². The molecule has 0 saturated carbocycles. The average Bonchev–Trinajstić information content (AvgIpc) is 2.88. The molecule has 0 spiro atoms. The van der Waals surface area contributed by atoms with Crippen LogP contribution in [-0.2, 0) is 22.4 Å². The second-order valence-electron chi connectivity index (χ2n) is 9.42. The Labute approximate surface area is 206 Å². The molecule has 8 heteroatoms. The van der Waals surface area contributed by atoms with Gasteiger partial charge in [0, 0.05) is 34.2 Å². The van der Waals surface area contributed by atoms with Crippen molar-refractivity contribution in [2.24, 2.45) is 0 Å². The number of carbonyl (C=O) groups excluding carboxylic acids is 1. The summed E-state index contributed by atoms with van der Waals surface area (Å²) in [6.45, 7) is 5.57. The van der Waals surface area contributed by atoms with Crippen LogP contribution >= 0.6 is 27.5 Å². The first-order valence-corrected chi connectivity index (χ1v) is 12.1. The first kappa shape index (κ1) is 23.8. The van der Waals surface area contributed by atoms with E-state index >= 15 is 0 Å². The van der Waals surface area contributed by atoms with E-state index in [1.807, 2.05) is 18.2 Å². The lowest BCUT2D eigenvalue weighted by molar-refractivity contribution is -0.143. The molecular weight excluding hydrogens is 508 g/mol. The zero-order valence-electron chi connectivity index (χ0n) is 18.8. The van der Waals surface area contributed by atoms with E-state index in [-0.39, 0.29) is 13.0 Å². The third-order valence-electron chi connectivity index (χ3n) is 5.91. The van der Waals surface area contributed by atoms with Gasteiger partial charge in [-0.05, 0) is 90.9 Å². The van der Waals surface area contributed by atoms with Crippen molar-refractivity contribution in [1.29, 1.82) is 0 Å². The van der Waals surface area contributed by atoms with Crippen molar-refractivity contribution in [2.45, 2.75) is 58.1 Å². The number of ether oxygens (including phenoxy) is 1. The number of halogens is 2. The Morgan fingerprint density at radius 3 is 2.61 bits per heavy atom. The number of amides is 1. The van der Waals surface area contributed by atoms with Gasteiger partial charge in [-0.1, -0.05) is 23.2 Å². The highest BCUT2D eigenvalue weighted by Gasteiger charge is 2.38. The number of rotatable bonds is 1. The van der Waals surface area contributed by atoms with Crippen LogP contribution in [0.25, 0.3) is 5.57 Å². The lowest BCUT2D eigenvalue weighted by Gasteiger charge is -2.36. The maximum Gasteiger partial charge on any atom is 0.411 e. The number of likely N-dealkylation sites (tertiary alicyclic amines) is 1. The Morgan fingerprint density at radius 1 is 1.18 bits per heavy atom. The second-order valence-corrected chi connectivity index (χ2v) is 10.8. The highest BCUT2D eigenvalue weighted by atomic mass is 79.9. The Morgan fingerprint density at radius 2 is 1.91 bits per heavy atom. The average molecular weight is 534 g/mol. The normalized spacial score (nSPS) is 20.5. The molecule has 1 fully saturated rings. The number of aromatic nitrogens is 1. The highest BCUT2D eigenvalue weighted by Crippen LogP contribution is 2.40. The summed E-state index contributed by atoms with van der Waals surface area (Å²) in [6, 6.07) is 6.89. The minimum Gasteiger partial charge on any atom is -0.480 e. The second kappa shape index (κ2) is 9.11. The van der Waals surface area contributed by atoms with Gasteiger partial charge in [0.25, 0.3) is 0 Å². The summed E-state index contributed by atoms with van der Waals surface area (Å²) in [7, 11) is 0. The lowest BCUT2D eigenvalue weighted by Crippen LogP contribution is -2.50. The molecule has 2 aromatic rings. The van der Waals surface area contributed by atoms with Gasteiger partial charge in [0.2, 0.25) is 0 Å². The summed E-state index contributed by atoms with van der Waals surface area (Å²) < 4.78 is 6.37. The Balaban J connectivity index is 1.82. The Hall–Kier alpha value is -2.38. The van der Waals surface area contributed by atoms with E-state index in [1.165, 1.54) is 4.90 Å². The number of carbonyl (C=O) groups is 2. The smallest absolute Gasteiger partial charge is 0.411 e. The minimum absolute atomic E-state index is 0.211. The fraction of sp³-hybridized carbons (Fsp3) is 0.400. The lowest BCUT2D eigenvalue weighted by atomic mass is 9.86. The summed E-state index contributed by atoms with van der Waals surface area (Å²) in [6.07, 6.45) is 3.53. The van der Waals surface area contributed by atoms with Crippen LogP contribution < -0.4 is 0 Å².